The van der Waals surface area contributed by atoms with Gasteiger partial charge in [0.15, 0.2) is 9.84 Å². The first-order valence-electron chi connectivity index (χ1n) is 6.23. The summed E-state index contributed by atoms with van der Waals surface area (Å²) in [7, 11) is -3.40. The van der Waals surface area contributed by atoms with E-state index in [9.17, 15) is 8.42 Å². The first-order valence-corrected chi connectivity index (χ1v) is 9.03. The summed E-state index contributed by atoms with van der Waals surface area (Å²) in [5, 5.41) is 4.92. The topological polar surface area (TPSA) is 46.2 Å². The molecule has 20 heavy (non-hydrogen) atoms. The van der Waals surface area contributed by atoms with Crippen molar-refractivity contribution >= 4 is 32.8 Å². The van der Waals surface area contributed by atoms with E-state index in [-0.39, 0.29) is 9.92 Å². The Morgan fingerprint density at radius 2 is 2.00 bits per heavy atom. The first-order chi connectivity index (χ1) is 9.51. The molecular formula is C14H16ClNO2S2. The Balaban J connectivity index is 2.01. The van der Waals surface area contributed by atoms with Gasteiger partial charge in [-0.3, -0.25) is 0 Å². The number of hydrogen-bond acceptors (Lipinski definition) is 4. The molecular weight excluding hydrogens is 314 g/mol. The van der Waals surface area contributed by atoms with Gasteiger partial charge in [0.05, 0.1) is 15.2 Å². The fraction of sp³-hybridized carbons (Fsp3) is 0.286. The predicted molar refractivity (Wildman–Crippen MR) is 84.1 cm³/mol. The van der Waals surface area contributed by atoms with Crippen LogP contribution in [0.5, 0.6) is 0 Å². The van der Waals surface area contributed by atoms with E-state index in [0.717, 1.165) is 0 Å². The SMILES string of the molecule is CC(CNCc1cccs1)S(=O)(=O)c1ccccc1Cl. The van der Waals surface area contributed by atoms with Gasteiger partial charge in [0, 0.05) is 18.0 Å². The summed E-state index contributed by atoms with van der Waals surface area (Å²) in [6.45, 7) is 2.77. The summed E-state index contributed by atoms with van der Waals surface area (Å²) in [5.41, 5.74) is 0. The molecule has 0 saturated heterocycles. The highest BCUT2D eigenvalue weighted by Crippen LogP contribution is 2.24. The van der Waals surface area contributed by atoms with Crippen LogP contribution < -0.4 is 5.32 Å². The van der Waals surface area contributed by atoms with E-state index < -0.39 is 15.1 Å². The molecule has 1 atom stereocenters. The number of nitrogens with one attached hydrogen (secondary N) is 1. The summed E-state index contributed by atoms with van der Waals surface area (Å²) in [6, 6.07) is 10.6. The number of rotatable bonds is 6. The van der Waals surface area contributed by atoms with Gasteiger partial charge >= 0.3 is 0 Å². The molecule has 1 N–H and O–H groups in total. The summed E-state index contributed by atoms with van der Waals surface area (Å²) in [6.07, 6.45) is 0. The Morgan fingerprint density at radius 1 is 1.25 bits per heavy atom. The second-order valence-corrected chi connectivity index (χ2v) is 8.27. The van der Waals surface area contributed by atoms with Gasteiger partial charge in [-0.1, -0.05) is 29.8 Å². The number of hydrogen-bond donors (Lipinski definition) is 1. The molecule has 0 fully saturated rings. The third kappa shape index (κ3) is 3.61. The van der Waals surface area contributed by atoms with Gasteiger partial charge in [-0.25, -0.2) is 8.42 Å². The van der Waals surface area contributed by atoms with Crippen LogP contribution >= 0.6 is 22.9 Å². The average molecular weight is 330 g/mol. The molecule has 0 aliphatic rings. The van der Waals surface area contributed by atoms with Crippen LogP contribution in [0.2, 0.25) is 5.02 Å². The van der Waals surface area contributed by atoms with Crippen LogP contribution in [0, 0.1) is 0 Å². The van der Waals surface area contributed by atoms with Crippen molar-refractivity contribution in [2.24, 2.45) is 0 Å². The fourth-order valence-electron chi connectivity index (χ4n) is 1.81. The molecule has 1 heterocycles. The van der Waals surface area contributed by atoms with E-state index >= 15 is 0 Å². The zero-order valence-electron chi connectivity index (χ0n) is 11.0. The summed E-state index contributed by atoms with van der Waals surface area (Å²) < 4.78 is 24.8. The number of sulfone groups is 1. The molecule has 1 unspecified atom stereocenters. The predicted octanol–water partition coefficient (Wildman–Crippen LogP) is 3.35. The van der Waals surface area contributed by atoms with Gasteiger partial charge in [0.2, 0.25) is 0 Å². The quantitative estimate of drug-likeness (QED) is 0.884. The van der Waals surface area contributed by atoms with Gasteiger partial charge in [0.25, 0.3) is 0 Å². The molecule has 2 rings (SSSR count). The summed E-state index contributed by atoms with van der Waals surface area (Å²) >= 11 is 7.62. The maximum Gasteiger partial charge on any atom is 0.183 e. The second kappa shape index (κ2) is 6.72. The van der Waals surface area contributed by atoms with Crippen LogP contribution in [0.25, 0.3) is 0 Å². The van der Waals surface area contributed by atoms with Crippen LogP contribution in [0.4, 0.5) is 0 Å². The maximum atomic E-state index is 12.4. The van der Waals surface area contributed by atoms with Gasteiger partial charge in [-0.15, -0.1) is 11.3 Å². The van der Waals surface area contributed by atoms with E-state index in [1.165, 1.54) is 4.88 Å². The monoisotopic (exact) mass is 329 g/mol. The van der Waals surface area contributed by atoms with E-state index in [0.29, 0.717) is 13.1 Å². The Kier molecular flexibility index (Phi) is 5.21. The first kappa shape index (κ1) is 15.5. The normalized spacial score (nSPS) is 13.3. The van der Waals surface area contributed by atoms with Crippen LogP contribution in [0.3, 0.4) is 0 Å². The molecule has 0 spiro atoms. The third-order valence-electron chi connectivity index (χ3n) is 2.98. The molecule has 0 amide bonds. The van der Waals surface area contributed by atoms with Crippen molar-refractivity contribution in [3.05, 3.63) is 51.7 Å². The van der Waals surface area contributed by atoms with Crippen molar-refractivity contribution in [1.29, 1.82) is 0 Å². The fourth-order valence-corrected chi connectivity index (χ4v) is 4.33. The lowest BCUT2D eigenvalue weighted by molar-refractivity contribution is 0.572. The second-order valence-electron chi connectivity index (χ2n) is 4.50. The number of halogens is 1. The van der Waals surface area contributed by atoms with Crippen molar-refractivity contribution in [2.75, 3.05) is 6.54 Å². The Morgan fingerprint density at radius 3 is 2.65 bits per heavy atom. The van der Waals surface area contributed by atoms with Crippen molar-refractivity contribution in [2.45, 2.75) is 23.6 Å². The van der Waals surface area contributed by atoms with Crippen LogP contribution in [-0.4, -0.2) is 20.2 Å². The highest BCUT2D eigenvalue weighted by atomic mass is 35.5. The molecule has 0 bridgehead atoms. The maximum absolute atomic E-state index is 12.4. The molecule has 3 nitrogen and oxygen atoms in total. The number of thiophene rings is 1. The van der Waals surface area contributed by atoms with Crippen molar-refractivity contribution < 1.29 is 8.42 Å². The summed E-state index contributed by atoms with van der Waals surface area (Å²) in [5.74, 6) is 0. The van der Waals surface area contributed by atoms with E-state index in [4.69, 9.17) is 11.6 Å². The molecule has 0 aliphatic carbocycles. The number of benzene rings is 1. The van der Waals surface area contributed by atoms with Gasteiger partial charge in [-0.2, -0.15) is 0 Å². The molecule has 0 saturated carbocycles. The molecule has 0 aliphatic heterocycles. The van der Waals surface area contributed by atoms with Gasteiger partial charge in [-0.05, 0) is 30.5 Å². The van der Waals surface area contributed by atoms with E-state index in [1.54, 1.807) is 42.5 Å². The van der Waals surface area contributed by atoms with Crippen LogP contribution in [0.15, 0.2) is 46.7 Å². The molecule has 108 valence electrons. The minimum Gasteiger partial charge on any atom is -0.311 e. The Labute approximate surface area is 128 Å². The van der Waals surface area contributed by atoms with Crippen molar-refractivity contribution in [3.8, 4) is 0 Å². The molecule has 1 aromatic carbocycles. The third-order valence-corrected chi connectivity index (χ3v) is 6.50. The Hall–Kier alpha value is -0.880. The lowest BCUT2D eigenvalue weighted by Crippen LogP contribution is -2.31. The highest BCUT2D eigenvalue weighted by Gasteiger charge is 2.24. The highest BCUT2D eigenvalue weighted by molar-refractivity contribution is 7.92. The van der Waals surface area contributed by atoms with Crippen LogP contribution in [-0.2, 0) is 16.4 Å². The molecule has 6 heteroatoms. The van der Waals surface area contributed by atoms with Gasteiger partial charge in [0.1, 0.15) is 0 Å². The van der Waals surface area contributed by atoms with E-state index in [2.05, 4.69) is 5.32 Å². The zero-order valence-corrected chi connectivity index (χ0v) is 13.4. The van der Waals surface area contributed by atoms with E-state index in [1.807, 2.05) is 17.5 Å². The molecule has 0 radical (unpaired) electrons. The molecule has 1 aromatic heterocycles. The largest absolute Gasteiger partial charge is 0.311 e. The van der Waals surface area contributed by atoms with Crippen molar-refractivity contribution in [1.82, 2.24) is 5.32 Å². The average Bonchev–Trinajstić information content (AvgIpc) is 2.92. The smallest absolute Gasteiger partial charge is 0.183 e. The minimum absolute atomic E-state index is 0.201. The summed E-state index contributed by atoms with van der Waals surface area (Å²) in [4.78, 5) is 1.39. The molecule has 2 aromatic rings. The lowest BCUT2D eigenvalue weighted by atomic mass is 10.4. The lowest BCUT2D eigenvalue weighted by Gasteiger charge is -2.14. The van der Waals surface area contributed by atoms with Crippen molar-refractivity contribution in [3.63, 3.8) is 0 Å². The van der Waals surface area contributed by atoms with Crippen LogP contribution in [0.1, 0.15) is 11.8 Å². The standard InChI is InChI=1S/C14H16ClNO2S2/c1-11(9-16-10-12-5-4-8-19-12)20(17,18)14-7-3-2-6-13(14)15/h2-8,11,16H,9-10H2,1H3. The minimum atomic E-state index is -3.40. The van der Waals surface area contributed by atoms with Gasteiger partial charge < -0.3 is 5.32 Å². The Bertz CT molecular complexity index is 654. The zero-order chi connectivity index (χ0) is 14.6.